The first-order valence-corrected chi connectivity index (χ1v) is 9.66. The Bertz CT molecular complexity index is 940. The van der Waals surface area contributed by atoms with Gasteiger partial charge in [0.2, 0.25) is 11.0 Å². The molecule has 134 valence electrons. The predicted molar refractivity (Wildman–Crippen MR) is 103 cm³/mol. The van der Waals surface area contributed by atoms with Crippen molar-refractivity contribution >= 4 is 68.8 Å². The number of anilines is 3. The van der Waals surface area contributed by atoms with Crippen LogP contribution in [0.4, 0.5) is 21.0 Å². The van der Waals surface area contributed by atoms with Crippen LogP contribution in [0.3, 0.4) is 0 Å². The molecular weight excluding hydrogens is 420 g/mol. The molecule has 0 aliphatic carbocycles. The second-order valence-electron chi connectivity index (χ2n) is 4.80. The van der Waals surface area contributed by atoms with Gasteiger partial charge in [0, 0.05) is 6.20 Å². The molecular formula is C15H10Cl2FN5OS2. The lowest BCUT2D eigenvalue weighted by atomic mass is 10.3. The molecule has 0 unspecified atom stereocenters. The van der Waals surface area contributed by atoms with E-state index >= 15 is 0 Å². The molecule has 26 heavy (non-hydrogen) atoms. The third-order valence-electron chi connectivity index (χ3n) is 2.91. The molecule has 0 saturated carbocycles. The molecule has 3 aromatic rings. The molecule has 3 rings (SSSR count). The fraction of sp³-hybridized carbons (Fsp3) is 0.0667. The van der Waals surface area contributed by atoms with Crippen molar-refractivity contribution < 1.29 is 9.18 Å². The molecule has 11 heteroatoms. The summed E-state index contributed by atoms with van der Waals surface area (Å²) in [7, 11) is 0. The molecule has 0 aliphatic rings. The number of hydrogen-bond acceptors (Lipinski definition) is 7. The average molecular weight is 430 g/mol. The second-order valence-corrected chi connectivity index (χ2v) is 7.84. The van der Waals surface area contributed by atoms with Crippen molar-refractivity contribution in [2.24, 2.45) is 0 Å². The van der Waals surface area contributed by atoms with Crippen LogP contribution in [0.2, 0.25) is 10.0 Å². The minimum absolute atomic E-state index is 0.0922. The first kappa shape index (κ1) is 18.8. The average Bonchev–Trinajstić information content (AvgIpc) is 3.05. The van der Waals surface area contributed by atoms with Crippen molar-refractivity contribution in [2.45, 2.75) is 4.34 Å². The molecule has 0 atom stereocenters. The normalized spacial score (nSPS) is 10.6. The Morgan fingerprint density at radius 3 is 2.85 bits per heavy atom. The number of carbonyl (C=O) groups excluding carboxylic acids is 1. The minimum Gasteiger partial charge on any atom is -0.328 e. The Morgan fingerprint density at radius 2 is 2.08 bits per heavy atom. The van der Waals surface area contributed by atoms with Crippen molar-refractivity contribution in [2.75, 3.05) is 16.4 Å². The zero-order valence-electron chi connectivity index (χ0n) is 12.9. The molecule has 0 saturated heterocycles. The van der Waals surface area contributed by atoms with Crippen LogP contribution in [0.1, 0.15) is 0 Å². The Balaban J connectivity index is 1.54. The summed E-state index contributed by atoms with van der Waals surface area (Å²) in [4.78, 5) is 15.9. The van der Waals surface area contributed by atoms with Crippen LogP contribution in [0, 0.1) is 5.82 Å². The summed E-state index contributed by atoms with van der Waals surface area (Å²) in [6.07, 6.45) is 1.39. The number of nitrogens with zero attached hydrogens (tertiary/aromatic N) is 3. The molecule has 0 bridgehead atoms. The number of carbonyl (C=O) groups is 1. The fourth-order valence-electron chi connectivity index (χ4n) is 1.80. The standard InChI is InChI=1S/C15H10Cl2FN5OS2/c16-8-5-9(17)13(19-6-8)21-12(24)7-25-15-23-22-14(26-15)20-11-4-2-1-3-10(11)18/h1-6H,7H2,(H,20,22)(H,19,21,24). The summed E-state index contributed by atoms with van der Waals surface area (Å²) >= 11 is 14.1. The van der Waals surface area contributed by atoms with Crippen molar-refractivity contribution in [1.82, 2.24) is 15.2 Å². The summed E-state index contributed by atoms with van der Waals surface area (Å²) in [5, 5.41) is 14.4. The molecule has 0 aliphatic heterocycles. The topological polar surface area (TPSA) is 79.8 Å². The SMILES string of the molecule is O=C(CSc1nnc(Nc2ccccc2F)s1)Nc1ncc(Cl)cc1Cl. The zero-order valence-corrected chi connectivity index (χ0v) is 16.0. The van der Waals surface area contributed by atoms with Gasteiger partial charge in [-0.15, -0.1) is 10.2 Å². The van der Waals surface area contributed by atoms with E-state index in [0.29, 0.717) is 20.2 Å². The maximum Gasteiger partial charge on any atom is 0.236 e. The Labute approximate surface area is 166 Å². The van der Waals surface area contributed by atoms with Gasteiger partial charge in [0.15, 0.2) is 10.2 Å². The Hall–Kier alpha value is -1.94. The number of thioether (sulfide) groups is 1. The van der Waals surface area contributed by atoms with Gasteiger partial charge >= 0.3 is 0 Å². The van der Waals surface area contributed by atoms with Gasteiger partial charge in [-0.3, -0.25) is 4.79 Å². The maximum absolute atomic E-state index is 13.6. The smallest absolute Gasteiger partial charge is 0.236 e. The van der Waals surface area contributed by atoms with E-state index in [0.717, 1.165) is 0 Å². The van der Waals surface area contributed by atoms with E-state index in [1.54, 1.807) is 18.2 Å². The summed E-state index contributed by atoms with van der Waals surface area (Å²) in [5.74, 6) is -0.357. The molecule has 2 aromatic heterocycles. The first-order chi connectivity index (χ1) is 12.5. The molecule has 2 heterocycles. The van der Waals surface area contributed by atoms with Crippen molar-refractivity contribution in [1.29, 1.82) is 0 Å². The lowest BCUT2D eigenvalue weighted by Crippen LogP contribution is -2.15. The van der Waals surface area contributed by atoms with Crippen molar-refractivity contribution in [3.63, 3.8) is 0 Å². The Kier molecular flexibility index (Phi) is 6.25. The molecule has 0 fully saturated rings. The number of benzene rings is 1. The van der Waals surface area contributed by atoms with Crippen LogP contribution in [0.25, 0.3) is 0 Å². The molecule has 6 nitrogen and oxygen atoms in total. The number of nitrogens with one attached hydrogen (secondary N) is 2. The largest absolute Gasteiger partial charge is 0.328 e. The van der Waals surface area contributed by atoms with E-state index in [4.69, 9.17) is 23.2 Å². The summed E-state index contributed by atoms with van der Waals surface area (Å²) < 4.78 is 14.2. The van der Waals surface area contributed by atoms with Gasteiger partial charge in [-0.25, -0.2) is 9.37 Å². The third kappa shape index (κ3) is 5.04. The second kappa shape index (κ2) is 8.63. The van der Waals surface area contributed by atoms with Crippen LogP contribution in [0.5, 0.6) is 0 Å². The number of halogens is 3. The monoisotopic (exact) mass is 429 g/mol. The van der Waals surface area contributed by atoms with E-state index in [9.17, 15) is 9.18 Å². The van der Waals surface area contributed by atoms with E-state index < -0.39 is 0 Å². The van der Waals surface area contributed by atoms with Gasteiger partial charge < -0.3 is 10.6 Å². The van der Waals surface area contributed by atoms with Gasteiger partial charge in [0.05, 0.1) is 21.5 Å². The van der Waals surface area contributed by atoms with Gasteiger partial charge in [-0.05, 0) is 18.2 Å². The van der Waals surface area contributed by atoms with E-state index in [2.05, 4.69) is 25.8 Å². The highest BCUT2D eigenvalue weighted by Gasteiger charge is 2.12. The summed E-state index contributed by atoms with van der Waals surface area (Å²) in [6, 6.07) is 7.74. The lowest BCUT2D eigenvalue weighted by molar-refractivity contribution is -0.113. The molecule has 2 N–H and O–H groups in total. The first-order valence-electron chi connectivity index (χ1n) is 7.10. The van der Waals surface area contributed by atoms with Crippen molar-refractivity contribution in [3.05, 3.63) is 52.4 Å². The summed E-state index contributed by atoms with van der Waals surface area (Å²) in [6.45, 7) is 0. The number of rotatable bonds is 6. The van der Waals surface area contributed by atoms with Crippen molar-refractivity contribution in [3.8, 4) is 0 Å². The predicted octanol–water partition coefficient (Wildman–Crippen LogP) is 4.85. The number of amides is 1. The Morgan fingerprint density at radius 1 is 1.27 bits per heavy atom. The zero-order chi connectivity index (χ0) is 18.5. The molecule has 1 aromatic carbocycles. The van der Waals surface area contributed by atoms with Crippen LogP contribution >= 0.6 is 46.3 Å². The van der Waals surface area contributed by atoms with E-state index in [-0.39, 0.29) is 28.3 Å². The minimum atomic E-state index is -0.386. The number of para-hydroxylation sites is 1. The number of aromatic nitrogens is 3. The van der Waals surface area contributed by atoms with E-state index in [1.807, 2.05) is 0 Å². The molecule has 1 amide bonds. The van der Waals surface area contributed by atoms with E-state index in [1.165, 1.54) is 41.4 Å². The van der Waals surface area contributed by atoms with Gasteiger partial charge in [-0.2, -0.15) is 0 Å². The van der Waals surface area contributed by atoms with Gasteiger partial charge in [-0.1, -0.05) is 58.4 Å². The highest BCUT2D eigenvalue weighted by molar-refractivity contribution is 8.01. The van der Waals surface area contributed by atoms with Crippen LogP contribution in [0.15, 0.2) is 40.9 Å². The van der Waals surface area contributed by atoms with Crippen LogP contribution in [-0.4, -0.2) is 26.8 Å². The van der Waals surface area contributed by atoms with Gasteiger partial charge in [0.1, 0.15) is 5.82 Å². The van der Waals surface area contributed by atoms with Gasteiger partial charge in [0.25, 0.3) is 0 Å². The summed E-state index contributed by atoms with van der Waals surface area (Å²) in [5.41, 5.74) is 0.307. The third-order valence-corrected chi connectivity index (χ3v) is 5.38. The van der Waals surface area contributed by atoms with Crippen LogP contribution in [-0.2, 0) is 4.79 Å². The fourth-order valence-corrected chi connectivity index (χ4v) is 3.79. The highest BCUT2D eigenvalue weighted by Crippen LogP contribution is 2.29. The number of hydrogen-bond donors (Lipinski definition) is 2. The maximum atomic E-state index is 13.6. The number of pyridine rings is 1. The highest BCUT2D eigenvalue weighted by atomic mass is 35.5. The van der Waals surface area contributed by atoms with Crippen LogP contribution < -0.4 is 10.6 Å². The molecule has 0 spiro atoms. The quantitative estimate of drug-likeness (QED) is 0.544. The lowest BCUT2D eigenvalue weighted by Gasteiger charge is -2.05. The molecule has 0 radical (unpaired) electrons.